The fraction of sp³-hybridized carbons (Fsp3) is 0.235. The number of para-hydroxylation sites is 1. The number of benzene rings is 2. The predicted molar refractivity (Wildman–Crippen MR) is 90.0 cm³/mol. The highest BCUT2D eigenvalue weighted by molar-refractivity contribution is 9.10. The van der Waals surface area contributed by atoms with Gasteiger partial charge in [-0.1, -0.05) is 41.1 Å². The van der Waals surface area contributed by atoms with E-state index in [1.54, 1.807) is 0 Å². The smallest absolute Gasteiger partial charge is 0.254 e. The number of hydrogen-bond acceptors (Lipinski definition) is 2. The topological polar surface area (TPSA) is 46.3 Å². The Morgan fingerprint density at radius 2 is 1.81 bits per heavy atom. The van der Waals surface area contributed by atoms with Crippen LogP contribution in [-0.2, 0) is 6.54 Å². The molecule has 0 atom stereocenters. The van der Waals surface area contributed by atoms with Crippen LogP contribution >= 0.6 is 15.9 Å². The number of rotatable bonds is 5. The maximum Gasteiger partial charge on any atom is 0.254 e. The fourth-order valence-electron chi connectivity index (χ4n) is 2.18. The van der Waals surface area contributed by atoms with Crippen LogP contribution in [0.5, 0.6) is 0 Å². The zero-order valence-corrected chi connectivity index (χ0v) is 13.6. The molecule has 0 aliphatic rings. The number of hydrogen-bond donors (Lipinski definition) is 1. The first-order valence-corrected chi connectivity index (χ1v) is 7.79. The third kappa shape index (κ3) is 4.08. The molecule has 3 nitrogen and oxygen atoms in total. The zero-order valence-electron chi connectivity index (χ0n) is 12.1. The van der Waals surface area contributed by atoms with E-state index in [9.17, 15) is 4.79 Å². The molecule has 0 bridgehead atoms. The van der Waals surface area contributed by atoms with Gasteiger partial charge in [0.1, 0.15) is 0 Å². The summed E-state index contributed by atoms with van der Waals surface area (Å²) in [4.78, 5) is 14.5. The zero-order chi connectivity index (χ0) is 15.2. The number of nitrogens with zero attached hydrogens (tertiary/aromatic N) is 1. The van der Waals surface area contributed by atoms with E-state index in [2.05, 4.69) is 22.9 Å². The van der Waals surface area contributed by atoms with Crippen molar-refractivity contribution >= 4 is 27.5 Å². The van der Waals surface area contributed by atoms with Crippen LogP contribution in [-0.4, -0.2) is 17.4 Å². The molecular weight excluding hydrogens is 328 g/mol. The second-order valence-corrected chi connectivity index (χ2v) is 5.85. The summed E-state index contributed by atoms with van der Waals surface area (Å²) in [5.41, 5.74) is 8.38. The van der Waals surface area contributed by atoms with Crippen molar-refractivity contribution in [3.63, 3.8) is 0 Å². The van der Waals surface area contributed by atoms with Crippen molar-refractivity contribution in [3.05, 3.63) is 64.1 Å². The number of amides is 1. The summed E-state index contributed by atoms with van der Waals surface area (Å²) >= 11 is 3.38. The van der Waals surface area contributed by atoms with Crippen molar-refractivity contribution in [1.82, 2.24) is 4.90 Å². The van der Waals surface area contributed by atoms with Gasteiger partial charge in [0.25, 0.3) is 5.91 Å². The van der Waals surface area contributed by atoms with Gasteiger partial charge in [0, 0.05) is 28.8 Å². The minimum absolute atomic E-state index is 0.0348. The molecule has 0 fully saturated rings. The monoisotopic (exact) mass is 346 g/mol. The van der Waals surface area contributed by atoms with Gasteiger partial charge in [-0.05, 0) is 42.3 Å². The van der Waals surface area contributed by atoms with Crippen molar-refractivity contribution in [2.45, 2.75) is 19.9 Å². The van der Waals surface area contributed by atoms with Gasteiger partial charge in [-0.2, -0.15) is 0 Å². The van der Waals surface area contributed by atoms with Crippen LogP contribution in [0.25, 0.3) is 0 Å². The minimum atomic E-state index is 0.0348. The number of nitrogens with two attached hydrogens (primary N) is 1. The maximum atomic E-state index is 12.6. The van der Waals surface area contributed by atoms with Crippen LogP contribution in [0.15, 0.2) is 53.0 Å². The van der Waals surface area contributed by atoms with E-state index in [0.717, 1.165) is 22.1 Å². The molecule has 2 aromatic rings. The predicted octanol–water partition coefficient (Wildman–Crippen LogP) is 4.08. The van der Waals surface area contributed by atoms with Gasteiger partial charge in [-0.3, -0.25) is 4.79 Å². The molecule has 2 N–H and O–H groups in total. The molecule has 2 rings (SSSR count). The summed E-state index contributed by atoms with van der Waals surface area (Å²) in [6, 6.07) is 15.1. The van der Waals surface area contributed by atoms with Crippen LogP contribution in [0.1, 0.15) is 29.3 Å². The Hall–Kier alpha value is -1.81. The van der Waals surface area contributed by atoms with Crippen LogP contribution in [0.4, 0.5) is 5.69 Å². The molecule has 0 aliphatic carbocycles. The summed E-state index contributed by atoms with van der Waals surface area (Å²) in [5.74, 6) is 0.0348. The molecule has 1 amide bonds. The van der Waals surface area contributed by atoms with E-state index >= 15 is 0 Å². The molecule has 21 heavy (non-hydrogen) atoms. The normalized spacial score (nSPS) is 10.4. The van der Waals surface area contributed by atoms with E-state index in [-0.39, 0.29) is 5.91 Å². The molecule has 0 spiro atoms. The third-order valence-electron chi connectivity index (χ3n) is 3.29. The van der Waals surface area contributed by atoms with Gasteiger partial charge in [-0.15, -0.1) is 0 Å². The molecule has 4 heteroatoms. The van der Waals surface area contributed by atoms with E-state index in [0.29, 0.717) is 18.7 Å². The van der Waals surface area contributed by atoms with Crippen molar-refractivity contribution in [2.75, 3.05) is 12.3 Å². The quantitative estimate of drug-likeness (QED) is 0.829. The van der Waals surface area contributed by atoms with Gasteiger partial charge >= 0.3 is 0 Å². The SMILES string of the molecule is CCCN(Cc1ccccc1N)C(=O)c1ccc(Br)cc1. The molecule has 0 radical (unpaired) electrons. The summed E-state index contributed by atoms with van der Waals surface area (Å²) in [6.45, 7) is 3.31. The molecule has 0 aromatic heterocycles. The van der Waals surface area contributed by atoms with E-state index in [1.165, 1.54) is 0 Å². The van der Waals surface area contributed by atoms with Crippen molar-refractivity contribution < 1.29 is 4.79 Å². The molecule has 0 unspecified atom stereocenters. The Morgan fingerprint density at radius 3 is 2.43 bits per heavy atom. The van der Waals surface area contributed by atoms with Gasteiger partial charge in [0.05, 0.1) is 0 Å². The number of carbonyl (C=O) groups is 1. The number of halogens is 1. The molecule has 2 aromatic carbocycles. The molecule has 0 saturated heterocycles. The van der Waals surface area contributed by atoms with Crippen LogP contribution in [0, 0.1) is 0 Å². The van der Waals surface area contributed by atoms with E-state index < -0.39 is 0 Å². The number of nitrogen functional groups attached to an aromatic ring is 1. The molecular formula is C17H19BrN2O. The average molecular weight is 347 g/mol. The Kier molecular flexibility index (Phi) is 5.39. The highest BCUT2D eigenvalue weighted by atomic mass is 79.9. The Labute approximate surface area is 133 Å². The van der Waals surface area contributed by atoms with Crippen molar-refractivity contribution in [2.24, 2.45) is 0 Å². The highest BCUT2D eigenvalue weighted by Crippen LogP contribution is 2.17. The minimum Gasteiger partial charge on any atom is -0.398 e. The summed E-state index contributed by atoms with van der Waals surface area (Å²) in [5, 5.41) is 0. The van der Waals surface area contributed by atoms with Crippen molar-refractivity contribution in [1.29, 1.82) is 0 Å². The van der Waals surface area contributed by atoms with Gasteiger partial charge in [0.15, 0.2) is 0 Å². The lowest BCUT2D eigenvalue weighted by molar-refractivity contribution is 0.0743. The summed E-state index contributed by atoms with van der Waals surface area (Å²) in [6.07, 6.45) is 0.912. The first kappa shape index (κ1) is 15.6. The molecule has 110 valence electrons. The van der Waals surface area contributed by atoms with Gasteiger partial charge in [0.2, 0.25) is 0 Å². The fourth-order valence-corrected chi connectivity index (χ4v) is 2.45. The largest absolute Gasteiger partial charge is 0.398 e. The second-order valence-electron chi connectivity index (χ2n) is 4.93. The summed E-state index contributed by atoms with van der Waals surface area (Å²) < 4.78 is 0.966. The standard InChI is InChI=1S/C17H19BrN2O/c1-2-11-20(12-14-5-3-4-6-16(14)19)17(21)13-7-9-15(18)10-8-13/h3-10H,2,11-12,19H2,1H3. The lowest BCUT2D eigenvalue weighted by Crippen LogP contribution is -2.31. The Morgan fingerprint density at radius 1 is 1.14 bits per heavy atom. The summed E-state index contributed by atoms with van der Waals surface area (Å²) in [7, 11) is 0. The Balaban J connectivity index is 2.20. The lowest BCUT2D eigenvalue weighted by atomic mass is 10.1. The van der Waals surface area contributed by atoms with Crippen LogP contribution in [0.3, 0.4) is 0 Å². The first-order chi connectivity index (χ1) is 10.1. The highest BCUT2D eigenvalue weighted by Gasteiger charge is 2.16. The van der Waals surface area contributed by atoms with Gasteiger partial charge < -0.3 is 10.6 Å². The number of carbonyl (C=O) groups excluding carboxylic acids is 1. The van der Waals surface area contributed by atoms with Crippen LogP contribution in [0.2, 0.25) is 0 Å². The average Bonchev–Trinajstić information content (AvgIpc) is 2.49. The van der Waals surface area contributed by atoms with Gasteiger partial charge in [-0.25, -0.2) is 0 Å². The molecule has 0 heterocycles. The first-order valence-electron chi connectivity index (χ1n) is 7.00. The number of anilines is 1. The maximum absolute atomic E-state index is 12.6. The second kappa shape index (κ2) is 7.27. The van der Waals surface area contributed by atoms with E-state index in [4.69, 9.17) is 5.73 Å². The Bertz CT molecular complexity index is 610. The molecule has 0 saturated carbocycles. The molecule has 0 aliphatic heterocycles. The van der Waals surface area contributed by atoms with E-state index in [1.807, 2.05) is 53.4 Å². The van der Waals surface area contributed by atoms with Crippen molar-refractivity contribution in [3.8, 4) is 0 Å². The van der Waals surface area contributed by atoms with Crippen LogP contribution < -0.4 is 5.73 Å². The third-order valence-corrected chi connectivity index (χ3v) is 3.82. The lowest BCUT2D eigenvalue weighted by Gasteiger charge is -2.23.